The third-order valence-electron chi connectivity index (χ3n) is 3.87. The van der Waals surface area contributed by atoms with Crippen molar-refractivity contribution in [2.75, 3.05) is 17.3 Å². The van der Waals surface area contributed by atoms with E-state index in [0.717, 1.165) is 19.3 Å². The Bertz CT molecular complexity index is 608. The number of hydrogen-bond acceptors (Lipinski definition) is 5. The van der Waals surface area contributed by atoms with E-state index in [1.807, 2.05) is 13.8 Å². The van der Waals surface area contributed by atoms with E-state index < -0.39 is 11.2 Å². The van der Waals surface area contributed by atoms with Gasteiger partial charge in [-0.15, -0.1) is 0 Å². The van der Waals surface area contributed by atoms with E-state index in [4.69, 9.17) is 5.73 Å². The van der Waals surface area contributed by atoms with Gasteiger partial charge in [-0.3, -0.25) is 14.3 Å². The molecular formula is C14H24N4O2S. The highest BCUT2D eigenvalue weighted by Gasteiger charge is 2.28. The van der Waals surface area contributed by atoms with Gasteiger partial charge in [0.05, 0.1) is 0 Å². The number of nitrogens with zero attached hydrogens (tertiary/aromatic N) is 1. The maximum Gasteiger partial charge on any atom is 0.330 e. The minimum absolute atomic E-state index is 0.230. The van der Waals surface area contributed by atoms with Gasteiger partial charge < -0.3 is 11.1 Å². The summed E-state index contributed by atoms with van der Waals surface area (Å²) < 4.78 is 1.44. The first-order chi connectivity index (χ1) is 9.93. The highest BCUT2D eigenvalue weighted by Crippen LogP contribution is 2.31. The Morgan fingerprint density at radius 1 is 1.43 bits per heavy atom. The van der Waals surface area contributed by atoms with Crippen LogP contribution in [0.1, 0.15) is 33.1 Å². The molecule has 118 valence electrons. The summed E-state index contributed by atoms with van der Waals surface area (Å²) in [6.45, 7) is 4.50. The molecule has 0 aliphatic heterocycles. The Kier molecular flexibility index (Phi) is 5.03. The van der Waals surface area contributed by atoms with Crippen molar-refractivity contribution in [3.8, 4) is 0 Å². The Hall–Kier alpha value is -1.37. The lowest BCUT2D eigenvalue weighted by atomic mass is 10.2. The second-order valence-electron chi connectivity index (χ2n) is 5.98. The van der Waals surface area contributed by atoms with Crippen molar-refractivity contribution in [1.29, 1.82) is 0 Å². The predicted molar refractivity (Wildman–Crippen MR) is 89.1 cm³/mol. The average Bonchev–Trinajstić information content (AvgIpc) is 2.86. The van der Waals surface area contributed by atoms with Crippen LogP contribution in [0.4, 0.5) is 11.5 Å². The number of H-pyrrole nitrogens is 1. The molecule has 0 saturated heterocycles. The third-order valence-corrected chi connectivity index (χ3v) is 5.04. The van der Waals surface area contributed by atoms with Gasteiger partial charge in [-0.05, 0) is 25.0 Å². The normalized spacial score (nSPS) is 21.9. The van der Waals surface area contributed by atoms with Crippen LogP contribution in [0.3, 0.4) is 0 Å². The molecule has 1 aromatic rings. The molecule has 1 aliphatic rings. The third kappa shape index (κ3) is 3.45. The number of nitrogen functional groups attached to an aromatic ring is 1. The topological polar surface area (TPSA) is 92.9 Å². The van der Waals surface area contributed by atoms with Crippen molar-refractivity contribution in [1.82, 2.24) is 9.55 Å². The van der Waals surface area contributed by atoms with Crippen LogP contribution in [-0.4, -0.2) is 27.1 Å². The number of rotatable bonds is 5. The molecule has 2 unspecified atom stereocenters. The van der Waals surface area contributed by atoms with Crippen molar-refractivity contribution in [3.63, 3.8) is 0 Å². The molecule has 6 nitrogen and oxygen atoms in total. The van der Waals surface area contributed by atoms with Gasteiger partial charge in [-0.2, -0.15) is 11.8 Å². The molecule has 0 bridgehead atoms. The zero-order valence-electron chi connectivity index (χ0n) is 12.8. The molecule has 7 heteroatoms. The van der Waals surface area contributed by atoms with E-state index in [1.165, 1.54) is 4.57 Å². The van der Waals surface area contributed by atoms with Crippen molar-refractivity contribution < 1.29 is 0 Å². The molecule has 1 aliphatic carbocycles. The summed E-state index contributed by atoms with van der Waals surface area (Å²) in [5, 5.41) is 3.75. The van der Waals surface area contributed by atoms with E-state index >= 15 is 0 Å². The zero-order chi connectivity index (χ0) is 15.6. The van der Waals surface area contributed by atoms with Gasteiger partial charge in [0.1, 0.15) is 11.5 Å². The lowest BCUT2D eigenvalue weighted by molar-refractivity contribution is 0.508. The largest absolute Gasteiger partial charge is 0.383 e. The smallest absolute Gasteiger partial charge is 0.330 e. The number of thioether (sulfide) groups is 1. The van der Waals surface area contributed by atoms with Crippen LogP contribution in [0.2, 0.25) is 0 Å². The van der Waals surface area contributed by atoms with Gasteiger partial charge in [-0.25, -0.2) is 4.79 Å². The number of aromatic nitrogens is 2. The molecule has 1 aromatic heterocycles. The molecule has 0 aromatic carbocycles. The maximum absolute atomic E-state index is 12.1. The lowest BCUT2D eigenvalue weighted by Gasteiger charge is -2.22. The van der Waals surface area contributed by atoms with Crippen molar-refractivity contribution in [2.24, 2.45) is 5.92 Å². The van der Waals surface area contributed by atoms with Crippen molar-refractivity contribution >= 4 is 23.3 Å². The fourth-order valence-electron chi connectivity index (χ4n) is 2.83. The van der Waals surface area contributed by atoms with Gasteiger partial charge in [0.15, 0.2) is 0 Å². The highest BCUT2D eigenvalue weighted by molar-refractivity contribution is 7.99. The van der Waals surface area contributed by atoms with Crippen molar-refractivity contribution in [3.05, 3.63) is 20.8 Å². The van der Waals surface area contributed by atoms with Gasteiger partial charge in [-0.1, -0.05) is 20.3 Å². The molecule has 2 rings (SSSR count). The van der Waals surface area contributed by atoms with Crippen LogP contribution in [0.25, 0.3) is 0 Å². The standard InChI is InChI=1S/C14H24N4O2S/c1-8(2)7-18-12(15)11(13(19)17-14(18)20)16-9-5-4-6-10(9)21-3/h8-10,16H,4-7,15H2,1-3H3,(H,17,19,20). The molecule has 1 fully saturated rings. The summed E-state index contributed by atoms with van der Waals surface area (Å²) in [6.07, 6.45) is 5.39. The van der Waals surface area contributed by atoms with Crippen LogP contribution >= 0.6 is 11.8 Å². The van der Waals surface area contributed by atoms with E-state index in [-0.39, 0.29) is 17.8 Å². The van der Waals surface area contributed by atoms with Crippen LogP contribution in [-0.2, 0) is 6.54 Å². The van der Waals surface area contributed by atoms with Gasteiger partial charge >= 0.3 is 5.69 Å². The molecule has 1 heterocycles. The first kappa shape index (κ1) is 16.0. The minimum Gasteiger partial charge on any atom is -0.383 e. The van der Waals surface area contributed by atoms with E-state index in [9.17, 15) is 9.59 Å². The summed E-state index contributed by atoms with van der Waals surface area (Å²) in [6, 6.07) is 0.230. The Labute approximate surface area is 128 Å². The van der Waals surface area contributed by atoms with E-state index in [2.05, 4.69) is 16.6 Å². The summed E-state index contributed by atoms with van der Waals surface area (Å²) in [7, 11) is 0. The quantitative estimate of drug-likeness (QED) is 0.765. The SMILES string of the molecule is CSC1CCCC1Nc1c(N)n(CC(C)C)c(=O)[nH]c1=O. The molecule has 21 heavy (non-hydrogen) atoms. The number of anilines is 2. The van der Waals surface area contributed by atoms with Gasteiger partial charge in [0, 0.05) is 17.8 Å². The molecule has 0 radical (unpaired) electrons. The first-order valence-electron chi connectivity index (χ1n) is 7.36. The Morgan fingerprint density at radius 2 is 2.14 bits per heavy atom. The molecule has 1 saturated carbocycles. The lowest BCUT2D eigenvalue weighted by Crippen LogP contribution is -2.37. The molecule has 2 atom stereocenters. The Balaban J connectivity index is 2.35. The van der Waals surface area contributed by atoms with Crippen LogP contribution in [0.5, 0.6) is 0 Å². The summed E-state index contributed by atoms with van der Waals surface area (Å²) >= 11 is 1.81. The summed E-state index contributed by atoms with van der Waals surface area (Å²) in [5.41, 5.74) is 5.54. The number of nitrogens with two attached hydrogens (primary N) is 1. The summed E-state index contributed by atoms with van der Waals surface area (Å²) in [4.78, 5) is 26.3. The minimum atomic E-state index is -0.440. The summed E-state index contributed by atoms with van der Waals surface area (Å²) in [5.74, 6) is 0.512. The second kappa shape index (κ2) is 6.60. The van der Waals surface area contributed by atoms with Crippen LogP contribution in [0, 0.1) is 5.92 Å². The number of nitrogens with one attached hydrogen (secondary N) is 2. The Morgan fingerprint density at radius 3 is 2.76 bits per heavy atom. The zero-order valence-corrected chi connectivity index (χ0v) is 13.6. The number of aromatic amines is 1. The second-order valence-corrected chi connectivity index (χ2v) is 7.06. The highest BCUT2D eigenvalue weighted by atomic mass is 32.2. The van der Waals surface area contributed by atoms with Gasteiger partial charge in [0.25, 0.3) is 5.56 Å². The first-order valence-corrected chi connectivity index (χ1v) is 8.64. The van der Waals surface area contributed by atoms with Crippen molar-refractivity contribution in [2.45, 2.75) is 50.9 Å². The molecule has 4 N–H and O–H groups in total. The molecule has 0 spiro atoms. The maximum atomic E-state index is 12.1. The fourth-order valence-corrected chi connectivity index (χ4v) is 3.77. The average molecular weight is 312 g/mol. The monoisotopic (exact) mass is 312 g/mol. The fraction of sp³-hybridized carbons (Fsp3) is 0.714. The predicted octanol–water partition coefficient (Wildman–Crippen LogP) is 1.47. The molecule has 0 amide bonds. The van der Waals surface area contributed by atoms with Gasteiger partial charge in [0.2, 0.25) is 0 Å². The molecular weight excluding hydrogens is 288 g/mol. The van der Waals surface area contributed by atoms with Crippen LogP contribution < -0.4 is 22.3 Å². The number of hydrogen-bond donors (Lipinski definition) is 3. The van der Waals surface area contributed by atoms with E-state index in [0.29, 0.717) is 17.5 Å². The van der Waals surface area contributed by atoms with Crippen LogP contribution in [0.15, 0.2) is 9.59 Å². The van der Waals surface area contributed by atoms with E-state index in [1.54, 1.807) is 11.8 Å².